The van der Waals surface area contributed by atoms with Gasteiger partial charge in [0.15, 0.2) is 0 Å². The summed E-state index contributed by atoms with van der Waals surface area (Å²) in [7, 11) is -3.19. The van der Waals surface area contributed by atoms with Crippen LogP contribution in [0.1, 0.15) is 27.2 Å². The van der Waals surface area contributed by atoms with Crippen molar-refractivity contribution in [2.45, 2.75) is 38.1 Å². The van der Waals surface area contributed by atoms with E-state index in [1.165, 1.54) is 0 Å². The molecule has 0 aromatic heterocycles. The van der Waals surface area contributed by atoms with Crippen LogP contribution in [0.5, 0.6) is 0 Å². The van der Waals surface area contributed by atoms with Gasteiger partial charge in [-0.05, 0) is 20.3 Å². The zero-order chi connectivity index (χ0) is 11.9. The van der Waals surface area contributed by atoms with Gasteiger partial charge in [0.05, 0.1) is 18.5 Å². The van der Waals surface area contributed by atoms with Gasteiger partial charge >= 0.3 is 0 Å². The molecule has 0 aromatic carbocycles. The Balaban J connectivity index is 3.78. The van der Waals surface area contributed by atoms with E-state index >= 15 is 0 Å². The van der Waals surface area contributed by atoms with E-state index in [9.17, 15) is 8.42 Å². The number of rotatable bonds is 8. The second-order valence-corrected chi connectivity index (χ2v) is 6.81. The van der Waals surface area contributed by atoms with Gasteiger partial charge in [0.2, 0.25) is 10.0 Å². The molecule has 0 saturated heterocycles. The van der Waals surface area contributed by atoms with Crippen LogP contribution in [0.4, 0.5) is 0 Å². The van der Waals surface area contributed by atoms with Crippen molar-refractivity contribution in [1.82, 2.24) is 4.72 Å². The number of hydrogen-bond donors (Lipinski definition) is 1. The lowest BCUT2D eigenvalue weighted by Gasteiger charge is -2.11. The fourth-order valence-electron chi connectivity index (χ4n) is 0.827. The Morgan fingerprint density at radius 1 is 1.40 bits per heavy atom. The molecule has 0 bridgehead atoms. The Bertz CT molecular complexity index is 254. The molecule has 0 aliphatic rings. The topological polar surface area (TPSA) is 55.4 Å². The highest BCUT2D eigenvalue weighted by atomic mass is 79.9. The van der Waals surface area contributed by atoms with Gasteiger partial charge in [-0.15, -0.1) is 0 Å². The lowest BCUT2D eigenvalue weighted by molar-refractivity contribution is 0.0911. The normalized spacial score (nSPS) is 14.5. The summed E-state index contributed by atoms with van der Waals surface area (Å²) in [5.41, 5.74) is 0. The largest absolute Gasteiger partial charge is 0.378 e. The third kappa shape index (κ3) is 9.29. The number of ether oxygens (including phenoxy) is 1. The fourth-order valence-corrected chi connectivity index (χ4v) is 2.12. The average Bonchev–Trinajstić information content (AvgIpc) is 2.13. The van der Waals surface area contributed by atoms with Crippen LogP contribution in [0.2, 0.25) is 0 Å². The van der Waals surface area contributed by atoms with Gasteiger partial charge in [-0.2, -0.15) is 0 Å². The summed E-state index contributed by atoms with van der Waals surface area (Å²) in [4.78, 5) is 0.193. The van der Waals surface area contributed by atoms with E-state index in [0.717, 1.165) is 6.42 Å². The van der Waals surface area contributed by atoms with Crippen LogP contribution in [0.3, 0.4) is 0 Å². The summed E-state index contributed by atoms with van der Waals surface area (Å²) in [6.45, 7) is 6.43. The predicted octanol–water partition coefficient (Wildman–Crippen LogP) is 1.50. The maximum Gasteiger partial charge on any atom is 0.213 e. The summed E-state index contributed by atoms with van der Waals surface area (Å²) in [6.07, 6.45) is 0.963. The monoisotopic (exact) mass is 301 g/mol. The highest BCUT2D eigenvalue weighted by Gasteiger charge is 2.12. The third-order valence-corrected chi connectivity index (χ3v) is 4.05. The molecule has 1 N–H and O–H groups in total. The zero-order valence-corrected chi connectivity index (χ0v) is 11.9. The molecule has 0 fully saturated rings. The molecule has 0 rings (SSSR count). The van der Waals surface area contributed by atoms with Gasteiger partial charge in [0, 0.05) is 11.4 Å². The molecule has 92 valence electrons. The SMILES string of the molecule is CCC(Br)CNS(=O)(=O)CCOC(C)C. The number of alkyl halides is 1. The minimum atomic E-state index is -3.19. The molecule has 0 spiro atoms. The summed E-state index contributed by atoms with van der Waals surface area (Å²) >= 11 is 3.36. The van der Waals surface area contributed by atoms with E-state index in [4.69, 9.17) is 4.74 Å². The Labute approximate surface area is 101 Å². The number of nitrogens with one attached hydrogen (secondary N) is 1. The molecule has 0 heterocycles. The van der Waals surface area contributed by atoms with Gasteiger partial charge < -0.3 is 4.74 Å². The highest BCUT2D eigenvalue weighted by Crippen LogP contribution is 2.02. The van der Waals surface area contributed by atoms with Crippen LogP contribution in [-0.2, 0) is 14.8 Å². The molecule has 6 heteroatoms. The van der Waals surface area contributed by atoms with E-state index in [1.54, 1.807) is 0 Å². The molecular weight excluding hydrogens is 282 g/mol. The average molecular weight is 302 g/mol. The van der Waals surface area contributed by atoms with E-state index in [2.05, 4.69) is 20.7 Å². The third-order valence-electron chi connectivity index (χ3n) is 1.77. The van der Waals surface area contributed by atoms with Crippen LogP contribution in [-0.4, -0.2) is 38.3 Å². The summed E-state index contributed by atoms with van der Waals surface area (Å²) < 4.78 is 30.5. The van der Waals surface area contributed by atoms with Crippen molar-refractivity contribution in [2.75, 3.05) is 18.9 Å². The van der Waals surface area contributed by atoms with Crippen LogP contribution >= 0.6 is 15.9 Å². The van der Waals surface area contributed by atoms with Crippen molar-refractivity contribution < 1.29 is 13.2 Å². The fraction of sp³-hybridized carbons (Fsp3) is 1.00. The molecule has 0 aliphatic carbocycles. The Kier molecular flexibility index (Phi) is 7.77. The first kappa shape index (κ1) is 15.3. The zero-order valence-electron chi connectivity index (χ0n) is 9.49. The first-order valence-corrected chi connectivity index (χ1v) is 7.67. The first-order valence-electron chi connectivity index (χ1n) is 5.10. The summed E-state index contributed by atoms with van der Waals surface area (Å²) in [5, 5.41) is 0. The Morgan fingerprint density at radius 3 is 2.47 bits per heavy atom. The second kappa shape index (κ2) is 7.60. The summed E-state index contributed by atoms with van der Waals surface area (Å²) in [6, 6.07) is 0. The van der Waals surface area contributed by atoms with Crippen molar-refractivity contribution >= 4 is 26.0 Å². The summed E-state index contributed by atoms with van der Waals surface area (Å²) in [5.74, 6) is 0.0224. The van der Waals surface area contributed by atoms with E-state index in [0.29, 0.717) is 6.54 Å². The molecule has 15 heavy (non-hydrogen) atoms. The van der Waals surface area contributed by atoms with Crippen molar-refractivity contribution in [1.29, 1.82) is 0 Å². The van der Waals surface area contributed by atoms with Gasteiger partial charge in [-0.1, -0.05) is 22.9 Å². The molecule has 0 amide bonds. The van der Waals surface area contributed by atoms with Gasteiger partial charge in [-0.3, -0.25) is 0 Å². The van der Waals surface area contributed by atoms with Crippen LogP contribution < -0.4 is 4.72 Å². The van der Waals surface area contributed by atoms with E-state index < -0.39 is 10.0 Å². The molecular formula is C9H20BrNO3S. The molecule has 0 aromatic rings. The highest BCUT2D eigenvalue weighted by molar-refractivity contribution is 9.09. The Hall–Kier alpha value is 0.350. The quantitative estimate of drug-likeness (QED) is 0.691. The number of halogens is 1. The molecule has 4 nitrogen and oxygen atoms in total. The van der Waals surface area contributed by atoms with Gasteiger partial charge in [0.1, 0.15) is 0 Å². The van der Waals surface area contributed by atoms with Gasteiger partial charge in [0.25, 0.3) is 0 Å². The van der Waals surface area contributed by atoms with Crippen molar-refractivity contribution in [2.24, 2.45) is 0 Å². The number of hydrogen-bond acceptors (Lipinski definition) is 3. The lowest BCUT2D eigenvalue weighted by atomic mass is 10.3. The number of sulfonamides is 1. The minimum Gasteiger partial charge on any atom is -0.378 e. The molecule has 0 aliphatic heterocycles. The lowest BCUT2D eigenvalue weighted by Crippen LogP contribution is -2.33. The smallest absolute Gasteiger partial charge is 0.213 e. The van der Waals surface area contributed by atoms with Crippen LogP contribution in [0.15, 0.2) is 0 Å². The van der Waals surface area contributed by atoms with Crippen molar-refractivity contribution in [3.8, 4) is 0 Å². The van der Waals surface area contributed by atoms with Crippen LogP contribution in [0.25, 0.3) is 0 Å². The van der Waals surface area contributed by atoms with Crippen molar-refractivity contribution in [3.05, 3.63) is 0 Å². The molecule has 1 atom stereocenters. The standard InChI is InChI=1S/C9H20BrNO3S/c1-4-9(10)7-11-15(12,13)6-5-14-8(2)3/h8-9,11H,4-7H2,1-3H3. The molecule has 0 saturated carbocycles. The molecule has 1 unspecified atom stereocenters. The predicted molar refractivity (Wildman–Crippen MR) is 65.9 cm³/mol. The minimum absolute atomic E-state index is 0.0224. The Morgan fingerprint density at radius 2 is 2.00 bits per heavy atom. The van der Waals surface area contributed by atoms with Crippen LogP contribution in [0, 0.1) is 0 Å². The van der Waals surface area contributed by atoms with E-state index in [1.807, 2.05) is 20.8 Å². The maximum atomic E-state index is 11.4. The second-order valence-electron chi connectivity index (χ2n) is 3.59. The first-order chi connectivity index (χ1) is 6.87. The maximum absolute atomic E-state index is 11.4. The molecule has 0 radical (unpaired) electrons. The van der Waals surface area contributed by atoms with Crippen molar-refractivity contribution in [3.63, 3.8) is 0 Å². The van der Waals surface area contributed by atoms with E-state index in [-0.39, 0.29) is 23.3 Å². The van der Waals surface area contributed by atoms with Gasteiger partial charge in [-0.25, -0.2) is 13.1 Å².